The van der Waals surface area contributed by atoms with Gasteiger partial charge in [-0.05, 0) is 76.3 Å². The highest BCUT2D eigenvalue weighted by Crippen LogP contribution is 2.29. The summed E-state index contributed by atoms with van der Waals surface area (Å²) in [5, 5.41) is 27.8. The van der Waals surface area contributed by atoms with Gasteiger partial charge in [-0.25, -0.2) is 15.0 Å². The van der Waals surface area contributed by atoms with Crippen molar-refractivity contribution in [2.75, 3.05) is 77.5 Å². The van der Waals surface area contributed by atoms with Crippen LogP contribution in [-0.4, -0.2) is 151 Å². The highest BCUT2D eigenvalue weighted by atomic mass is 32.1. The van der Waals surface area contributed by atoms with E-state index in [-0.39, 0.29) is 95.8 Å². The largest absolute Gasteiger partial charge is 0.356 e. The van der Waals surface area contributed by atoms with E-state index in [0.29, 0.717) is 39.0 Å². The lowest BCUT2D eigenvalue weighted by molar-refractivity contribution is -0.121. The van der Waals surface area contributed by atoms with E-state index in [4.69, 9.17) is 0 Å². The molecule has 0 saturated heterocycles. The Kier molecular flexibility index (Phi) is 20.2. The number of aromatic nitrogens is 10. The quantitative estimate of drug-likeness (QED) is 0.0347. The van der Waals surface area contributed by atoms with E-state index in [1.165, 1.54) is 71.9 Å². The van der Waals surface area contributed by atoms with Crippen molar-refractivity contribution in [3.05, 3.63) is 131 Å². The maximum atomic E-state index is 13.5. The van der Waals surface area contributed by atoms with E-state index in [2.05, 4.69) is 68.1 Å². The van der Waals surface area contributed by atoms with Crippen LogP contribution in [0.25, 0.3) is 0 Å². The van der Waals surface area contributed by atoms with Gasteiger partial charge in [0.05, 0.1) is 32.6 Å². The van der Waals surface area contributed by atoms with Gasteiger partial charge in [0.15, 0.2) is 17.5 Å². The molecule has 10 amide bonds. The zero-order valence-corrected chi connectivity index (χ0v) is 51.4. The van der Waals surface area contributed by atoms with Crippen molar-refractivity contribution in [3.63, 3.8) is 0 Å². The molecular weight excluding hydrogens is 1170 g/mol. The van der Waals surface area contributed by atoms with Crippen molar-refractivity contribution in [1.82, 2.24) is 67.8 Å². The average molecular weight is 1240 g/mol. The minimum Gasteiger partial charge on any atom is -0.356 e. The molecular formula is C57H69N21O10S. The third-order valence-corrected chi connectivity index (χ3v) is 14.8. The predicted molar refractivity (Wildman–Crippen MR) is 331 cm³/mol. The Morgan fingerprint density at radius 1 is 0.438 bits per heavy atom. The Labute approximate surface area is 513 Å². The molecule has 0 bridgehead atoms. The highest BCUT2D eigenvalue weighted by molar-refractivity contribution is 7.18. The van der Waals surface area contributed by atoms with Crippen LogP contribution in [0.1, 0.15) is 115 Å². The fourth-order valence-electron chi connectivity index (χ4n) is 9.21. The van der Waals surface area contributed by atoms with Crippen molar-refractivity contribution in [2.24, 2.45) is 49.3 Å². The van der Waals surface area contributed by atoms with Crippen LogP contribution in [0.15, 0.2) is 79.9 Å². The third kappa shape index (κ3) is 16.4. The second-order valence-corrected chi connectivity index (χ2v) is 22.2. The molecule has 0 aliphatic heterocycles. The molecule has 8 rings (SSSR count). The number of hydrogen-bond acceptors (Lipinski definition) is 15. The minimum absolute atomic E-state index is 0.00565. The van der Waals surface area contributed by atoms with Crippen molar-refractivity contribution >= 4 is 110 Å². The molecule has 0 aliphatic carbocycles. The number of aryl methyl sites for hydroxylation is 8. The summed E-state index contributed by atoms with van der Waals surface area (Å²) in [6.45, 7) is 3.36. The second kappa shape index (κ2) is 28.1. The van der Waals surface area contributed by atoms with E-state index < -0.39 is 53.2 Å². The monoisotopic (exact) mass is 1240 g/mol. The summed E-state index contributed by atoms with van der Waals surface area (Å²) in [5.74, 6) is -4.30. The number of anilines is 7. The van der Waals surface area contributed by atoms with E-state index in [1.807, 2.05) is 19.0 Å². The first-order valence-electron chi connectivity index (χ1n) is 27.8. The molecule has 0 saturated carbocycles. The number of rotatable bonds is 26. The normalized spacial score (nSPS) is 11.0. The predicted octanol–water partition coefficient (Wildman–Crippen LogP) is 3.46. The summed E-state index contributed by atoms with van der Waals surface area (Å²) in [6, 6.07) is 7.60. The number of imidazole rings is 3. The first-order valence-corrected chi connectivity index (χ1v) is 28.6. The van der Waals surface area contributed by atoms with Gasteiger partial charge in [-0.3, -0.25) is 47.9 Å². The Balaban J connectivity index is 0.747. The molecule has 8 aromatic heterocycles. The van der Waals surface area contributed by atoms with E-state index in [0.717, 1.165) is 24.3 Å². The maximum absolute atomic E-state index is 13.5. The molecule has 0 atom stereocenters. The molecule has 89 heavy (non-hydrogen) atoms. The number of nitrogens with one attached hydrogen (secondary N) is 10. The summed E-state index contributed by atoms with van der Waals surface area (Å²) in [5.41, 5.74) is 2.73. The lowest BCUT2D eigenvalue weighted by Gasteiger charge is -2.10. The van der Waals surface area contributed by atoms with Gasteiger partial charge in [-0.1, -0.05) is 0 Å². The van der Waals surface area contributed by atoms with Crippen molar-refractivity contribution in [3.8, 4) is 0 Å². The van der Waals surface area contributed by atoms with Gasteiger partial charge >= 0.3 is 0 Å². The first-order chi connectivity index (χ1) is 42.3. The SMILES string of the molecule is Cc1cc(NC(=O)c2nc(NC(=O)c3nccn3C)cn2C)sc1C(=O)Nc1cc(C(=O)NCCCC(=O)Nc2cn(C)c(C(=O)Nc3cc(C(=O)Nc4cc(C(=O)Nc5cc(C(=O)NCCC(=O)NCCCN(C)C)n(C)c5)n(C)c4)n(C)c3)n2)n(C)c1. The molecule has 468 valence electrons. The molecule has 32 heteroatoms. The van der Waals surface area contributed by atoms with Gasteiger partial charge in [0.25, 0.3) is 47.3 Å². The molecule has 8 heterocycles. The van der Waals surface area contributed by atoms with Gasteiger partial charge in [-0.2, -0.15) is 0 Å². The molecule has 0 radical (unpaired) electrons. The molecule has 8 aromatic rings. The lowest BCUT2D eigenvalue weighted by Crippen LogP contribution is -2.32. The summed E-state index contributed by atoms with van der Waals surface area (Å²) in [7, 11) is 15.3. The van der Waals surface area contributed by atoms with Crippen molar-refractivity contribution in [1.29, 1.82) is 0 Å². The molecule has 0 spiro atoms. The van der Waals surface area contributed by atoms with Crippen LogP contribution in [0.5, 0.6) is 0 Å². The number of amides is 10. The summed E-state index contributed by atoms with van der Waals surface area (Å²) in [6.07, 6.45) is 13.5. The van der Waals surface area contributed by atoms with Crippen LogP contribution < -0.4 is 53.2 Å². The van der Waals surface area contributed by atoms with Gasteiger partial charge in [0, 0.05) is 131 Å². The molecule has 10 N–H and O–H groups in total. The van der Waals surface area contributed by atoms with Crippen molar-refractivity contribution < 1.29 is 47.9 Å². The topological polar surface area (TPSA) is 367 Å². The van der Waals surface area contributed by atoms with E-state index >= 15 is 0 Å². The van der Waals surface area contributed by atoms with Gasteiger partial charge < -0.3 is 90.0 Å². The molecule has 0 fully saturated rings. The number of nitrogens with zero attached hydrogens (tertiary/aromatic N) is 11. The standard InChI is InChI=1S/C57H69N21O10S/c1-32-21-45(70-57(88)49-68-42(31-78(49)10)69-55(86)47-59-18-20-72(47)4)89-46(32)54(85)64-35-23-37(74(6)28-35)50(81)60-15-11-13-44(80)66-41-30-77(9)48(67-41)56(87)65-36-25-40(76(8)29-36)53(84)63-34-24-39(75(7)27-34)52(83)62-33-22-38(73(5)26-33)51(82)61-17-14-43(79)58-16-12-19-71(2)3/h18,20-31H,11-17,19H2,1-10H3,(H,58,79)(H,60,81)(H,61,82)(H,62,83)(H,63,84)(H,64,85)(H,65,87)(H,66,80)(H,69,86)(H,70,88). The van der Waals surface area contributed by atoms with Gasteiger partial charge in [0.1, 0.15) is 22.8 Å². The molecule has 0 aliphatic rings. The van der Waals surface area contributed by atoms with Crippen LogP contribution in [0.4, 0.5) is 39.4 Å². The van der Waals surface area contributed by atoms with Crippen LogP contribution in [0.3, 0.4) is 0 Å². The minimum atomic E-state index is -0.631. The Morgan fingerprint density at radius 3 is 1.39 bits per heavy atom. The Bertz CT molecular complexity index is 4030. The first kappa shape index (κ1) is 64.1. The lowest BCUT2D eigenvalue weighted by atomic mass is 10.2. The Morgan fingerprint density at radius 2 is 0.888 bits per heavy atom. The number of thiophene rings is 1. The Hall–Kier alpha value is -10.9. The second-order valence-electron chi connectivity index (χ2n) is 21.2. The summed E-state index contributed by atoms with van der Waals surface area (Å²) < 4.78 is 10.5. The maximum Gasteiger partial charge on any atom is 0.292 e. The van der Waals surface area contributed by atoms with Crippen LogP contribution >= 0.6 is 11.3 Å². The zero-order chi connectivity index (χ0) is 64.4. The molecule has 0 aromatic carbocycles. The summed E-state index contributed by atoms with van der Waals surface area (Å²) in [4.78, 5) is 146. The smallest absolute Gasteiger partial charge is 0.292 e. The van der Waals surface area contributed by atoms with Crippen LogP contribution in [-0.2, 0) is 58.9 Å². The van der Waals surface area contributed by atoms with Crippen molar-refractivity contribution in [2.45, 2.75) is 32.6 Å². The average Bonchev–Trinajstić information content (AvgIpc) is 1.94. The highest BCUT2D eigenvalue weighted by Gasteiger charge is 2.24. The van der Waals surface area contributed by atoms with Gasteiger partial charge in [0.2, 0.25) is 23.5 Å². The fourth-order valence-corrected chi connectivity index (χ4v) is 10.2. The number of carbonyl (C=O) groups excluding carboxylic acids is 10. The number of hydrogen-bond donors (Lipinski definition) is 10. The zero-order valence-electron chi connectivity index (χ0n) is 50.6. The van der Waals surface area contributed by atoms with Crippen LogP contribution in [0.2, 0.25) is 0 Å². The van der Waals surface area contributed by atoms with E-state index in [9.17, 15) is 47.9 Å². The third-order valence-electron chi connectivity index (χ3n) is 13.6. The van der Waals surface area contributed by atoms with Crippen LogP contribution in [0, 0.1) is 6.92 Å². The number of carbonyl (C=O) groups is 10. The molecule has 0 unspecified atom stereocenters. The van der Waals surface area contributed by atoms with E-state index in [1.54, 1.807) is 96.2 Å². The fraction of sp³-hybridized carbons (Fsp3) is 0.316. The van der Waals surface area contributed by atoms with Gasteiger partial charge in [-0.15, -0.1) is 11.3 Å². The molecule has 31 nitrogen and oxygen atoms in total. The summed E-state index contributed by atoms with van der Waals surface area (Å²) >= 11 is 1.04.